The van der Waals surface area contributed by atoms with Crippen LogP contribution in [0.1, 0.15) is 33.9 Å². The lowest BCUT2D eigenvalue weighted by atomic mass is 9.98. The molecule has 0 saturated carbocycles. The number of aromatic nitrogens is 2. The van der Waals surface area contributed by atoms with Crippen molar-refractivity contribution in [2.45, 2.75) is 63.9 Å². The van der Waals surface area contributed by atoms with E-state index in [2.05, 4.69) is 5.09 Å². The number of alkyl halides is 1. The standard InChI is InChI=1S/C22H29FN3O9P/c1-13(2)33-19(29)14(3)25-36(31,35-15-8-6-5-7-9-15)32-12-16-18(28)22(4,23)20(34-16)26-11-10-17(27)24-21(26)30/h5-11,13-14,16,18,20,28H,12H2,1-4H3,(H,25,31)(H,24,27,30)/t14?,16-,18-,20-,22-,36+/m1/s1. The lowest BCUT2D eigenvalue weighted by molar-refractivity contribution is -0.149. The molecule has 2 heterocycles. The van der Waals surface area contributed by atoms with E-state index in [4.69, 9.17) is 18.5 Å². The number of hydrogen-bond acceptors (Lipinski definition) is 9. The number of ether oxygens (including phenoxy) is 2. The fourth-order valence-electron chi connectivity index (χ4n) is 3.47. The summed E-state index contributed by atoms with van der Waals surface area (Å²) in [5, 5.41) is 13.0. The molecule has 1 aromatic heterocycles. The van der Waals surface area contributed by atoms with Crippen molar-refractivity contribution in [2.75, 3.05) is 6.61 Å². The summed E-state index contributed by atoms with van der Waals surface area (Å²) in [5.41, 5.74) is -4.12. The van der Waals surface area contributed by atoms with Crippen LogP contribution in [0.25, 0.3) is 0 Å². The molecule has 1 aliphatic heterocycles. The molecule has 1 aliphatic rings. The first-order valence-corrected chi connectivity index (χ1v) is 12.7. The van der Waals surface area contributed by atoms with Crippen LogP contribution in [0.4, 0.5) is 4.39 Å². The van der Waals surface area contributed by atoms with E-state index < -0.39 is 67.8 Å². The van der Waals surface area contributed by atoms with Gasteiger partial charge in [0.05, 0.1) is 12.7 Å². The van der Waals surface area contributed by atoms with Crippen LogP contribution < -0.4 is 20.9 Å². The third-order valence-electron chi connectivity index (χ3n) is 5.26. The number of nitrogens with one attached hydrogen (secondary N) is 2. The van der Waals surface area contributed by atoms with Crippen molar-refractivity contribution in [3.63, 3.8) is 0 Å². The SMILES string of the molecule is CC(C)OC(=O)C(C)N[P@](=O)(OC[C@H]1O[C@@H](n2ccc(=O)[nH]c2=O)[C@](C)(F)[C@@H]1O)Oc1ccccc1. The quantitative estimate of drug-likeness (QED) is 0.305. The van der Waals surface area contributed by atoms with E-state index in [1.165, 1.54) is 19.1 Å². The monoisotopic (exact) mass is 529 g/mol. The fourth-order valence-corrected chi connectivity index (χ4v) is 4.97. The predicted octanol–water partition coefficient (Wildman–Crippen LogP) is 1.66. The summed E-state index contributed by atoms with van der Waals surface area (Å²) in [7, 11) is -4.30. The maximum atomic E-state index is 15.4. The van der Waals surface area contributed by atoms with E-state index in [9.17, 15) is 24.1 Å². The van der Waals surface area contributed by atoms with Gasteiger partial charge in [-0.2, -0.15) is 5.09 Å². The minimum Gasteiger partial charge on any atom is -0.462 e. The lowest BCUT2D eigenvalue weighted by Crippen LogP contribution is -2.43. The zero-order valence-corrected chi connectivity index (χ0v) is 21.0. The van der Waals surface area contributed by atoms with Crippen molar-refractivity contribution in [1.29, 1.82) is 0 Å². The van der Waals surface area contributed by atoms with Gasteiger partial charge in [-0.1, -0.05) is 18.2 Å². The van der Waals surface area contributed by atoms with Crippen molar-refractivity contribution >= 4 is 13.7 Å². The number of H-pyrrole nitrogens is 1. The highest BCUT2D eigenvalue weighted by Crippen LogP contribution is 2.47. The number of carbonyl (C=O) groups excluding carboxylic acids is 1. The lowest BCUT2D eigenvalue weighted by Gasteiger charge is -2.25. The average molecular weight is 529 g/mol. The molecule has 0 bridgehead atoms. The zero-order valence-electron chi connectivity index (χ0n) is 20.1. The Morgan fingerprint density at radius 2 is 1.94 bits per heavy atom. The van der Waals surface area contributed by atoms with Gasteiger partial charge in [0.15, 0.2) is 11.9 Å². The second kappa shape index (κ2) is 11.1. The first-order valence-electron chi connectivity index (χ1n) is 11.1. The maximum absolute atomic E-state index is 15.4. The molecule has 1 saturated heterocycles. The Hall–Kier alpha value is -2.83. The van der Waals surface area contributed by atoms with Crippen molar-refractivity contribution in [3.8, 4) is 5.75 Å². The highest BCUT2D eigenvalue weighted by atomic mass is 31.2. The van der Waals surface area contributed by atoms with Crippen LogP contribution in [0, 0.1) is 0 Å². The predicted molar refractivity (Wildman–Crippen MR) is 125 cm³/mol. The van der Waals surface area contributed by atoms with Gasteiger partial charge in [0.25, 0.3) is 5.56 Å². The van der Waals surface area contributed by atoms with Gasteiger partial charge in [0.2, 0.25) is 0 Å². The van der Waals surface area contributed by atoms with Gasteiger partial charge in [-0.05, 0) is 39.8 Å². The van der Waals surface area contributed by atoms with Gasteiger partial charge >= 0.3 is 19.4 Å². The van der Waals surface area contributed by atoms with Crippen LogP contribution in [0.5, 0.6) is 5.75 Å². The third kappa shape index (κ3) is 6.48. The highest BCUT2D eigenvalue weighted by Gasteiger charge is 2.55. The Bertz CT molecular complexity index is 1220. The summed E-state index contributed by atoms with van der Waals surface area (Å²) in [6, 6.07) is 7.86. The normalized spacial score (nSPS) is 26.4. The Balaban J connectivity index is 1.80. The summed E-state index contributed by atoms with van der Waals surface area (Å²) >= 11 is 0. The number of aromatic amines is 1. The number of benzene rings is 1. The second-order valence-electron chi connectivity index (χ2n) is 8.67. The van der Waals surface area contributed by atoms with E-state index in [0.717, 1.165) is 23.8 Å². The number of nitrogens with zero attached hydrogens (tertiary/aromatic N) is 1. The largest absolute Gasteiger partial charge is 0.462 e. The Labute approximate surface area is 205 Å². The van der Waals surface area contributed by atoms with Crippen LogP contribution in [-0.4, -0.2) is 57.3 Å². The van der Waals surface area contributed by atoms with Gasteiger partial charge in [-0.15, -0.1) is 0 Å². The van der Waals surface area contributed by atoms with Gasteiger partial charge in [0, 0.05) is 12.3 Å². The van der Waals surface area contributed by atoms with Gasteiger partial charge in [-0.25, -0.2) is 13.8 Å². The molecule has 12 nitrogen and oxygen atoms in total. The molecule has 1 aromatic carbocycles. The summed E-state index contributed by atoms with van der Waals surface area (Å²) in [4.78, 5) is 37.7. The van der Waals surface area contributed by atoms with Crippen LogP contribution in [-0.2, 0) is 23.4 Å². The molecule has 6 atom stereocenters. The molecule has 0 spiro atoms. The molecule has 1 fully saturated rings. The Morgan fingerprint density at radius 1 is 1.28 bits per heavy atom. The second-order valence-corrected chi connectivity index (χ2v) is 10.4. The Kier molecular flexibility index (Phi) is 8.52. The van der Waals surface area contributed by atoms with Crippen molar-refractivity contribution in [1.82, 2.24) is 14.6 Å². The Morgan fingerprint density at radius 3 is 2.56 bits per heavy atom. The molecule has 0 amide bonds. The fraction of sp³-hybridized carbons (Fsp3) is 0.500. The van der Waals surface area contributed by atoms with Crippen molar-refractivity contribution in [2.24, 2.45) is 0 Å². The van der Waals surface area contributed by atoms with Gasteiger partial charge < -0.3 is 19.1 Å². The van der Waals surface area contributed by atoms with Crippen molar-refractivity contribution in [3.05, 3.63) is 63.4 Å². The average Bonchev–Trinajstić information content (AvgIpc) is 3.01. The number of para-hydroxylation sites is 1. The molecular weight excluding hydrogens is 500 g/mol. The topological polar surface area (TPSA) is 158 Å². The molecule has 2 aromatic rings. The molecule has 3 rings (SSSR count). The summed E-state index contributed by atoms with van der Waals surface area (Å²) in [6.45, 7) is 5.07. The number of hydrogen-bond donors (Lipinski definition) is 3. The van der Waals surface area contributed by atoms with Crippen LogP contribution >= 0.6 is 7.75 Å². The number of rotatable bonds is 10. The third-order valence-corrected chi connectivity index (χ3v) is 6.90. The van der Waals surface area contributed by atoms with Crippen LogP contribution in [0.2, 0.25) is 0 Å². The molecule has 14 heteroatoms. The smallest absolute Gasteiger partial charge is 0.459 e. The molecule has 3 N–H and O–H groups in total. The molecule has 1 unspecified atom stereocenters. The molecule has 0 radical (unpaired) electrons. The number of halogens is 1. The summed E-state index contributed by atoms with van der Waals surface area (Å²) < 4.78 is 51.4. The number of aliphatic hydroxyl groups excluding tert-OH is 1. The van der Waals surface area contributed by atoms with E-state index in [1.807, 2.05) is 4.98 Å². The van der Waals surface area contributed by atoms with E-state index in [-0.39, 0.29) is 5.75 Å². The maximum Gasteiger partial charge on any atom is 0.459 e. The zero-order chi connectivity index (χ0) is 26.7. The van der Waals surface area contributed by atoms with E-state index in [0.29, 0.717) is 0 Å². The summed E-state index contributed by atoms with van der Waals surface area (Å²) in [6.07, 6.45) is -4.21. The van der Waals surface area contributed by atoms with Crippen LogP contribution in [0.15, 0.2) is 52.2 Å². The first kappa shape index (κ1) is 27.8. The minimum atomic E-state index is -4.30. The van der Waals surface area contributed by atoms with Crippen molar-refractivity contribution < 1.29 is 37.4 Å². The van der Waals surface area contributed by atoms with Gasteiger partial charge in [0.1, 0.15) is 24.0 Å². The van der Waals surface area contributed by atoms with Gasteiger partial charge in [-0.3, -0.25) is 23.7 Å². The number of carbonyl (C=O) groups is 1. The first-order chi connectivity index (χ1) is 16.8. The summed E-state index contributed by atoms with van der Waals surface area (Å²) in [5.74, 6) is -0.560. The number of esters is 1. The molecule has 36 heavy (non-hydrogen) atoms. The van der Waals surface area contributed by atoms with E-state index >= 15 is 4.39 Å². The highest BCUT2D eigenvalue weighted by molar-refractivity contribution is 7.52. The molecule has 198 valence electrons. The molecular formula is C22H29FN3O9P. The van der Waals surface area contributed by atoms with E-state index in [1.54, 1.807) is 32.0 Å². The molecule has 0 aliphatic carbocycles. The number of aliphatic hydroxyl groups is 1. The van der Waals surface area contributed by atoms with Crippen LogP contribution in [0.3, 0.4) is 0 Å². The minimum absolute atomic E-state index is 0.152.